The van der Waals surface area contributed by atoms with Gasteiger partial charge < -0.3 is 49.6 Å². The molecule has 10 nitrogen and oxygen atoms in total. The number of aliphatic hydroxyl groups excluding tert-OH is 1. The second-order valence-electron chi connectivity index (χ2n) is 14.8. The van der Waals surface area contributed by atoms with Crippen molar-refractivity contribution in [1.29, 1.82) is 0 Å². The van der Waals surface area contributed by atoms with Crippen LogP contribution in [0.5, 0.6) is 0 Å². The standard InChI is InChI=1S/C25H29N4OPS.C14H14ClN2P.C11H16N2OS/c32-25(27-22-12-4-1-5-13-22)26-18-10-11-21-30-31-28(23-14-6-2-7-15-23)19-20-29(31)24-16-8-3-9-17-24;15-18-16(13-7-3-1-4-8-13)11-12-17(18)14-9-5-2-6-10-14;14-9-5-4-8-12-11(15)13-10-6-2-1-3-7-10/h1-9,12-17H,10-11,18-21H2,(H2,26,27,32);1-10H,11-12H2;1-3,6-7,14H,4-5,8-9H2,(H2,12,13,15). The molecule has 0 unspecified atom stereocenters. The first-order valence-corrected chi connectivity index (χ1v) is 26.1. The highest BCUT2D eigenvalue weighted by atomic mass is 35.7. The quantitative estimate of drug-likeness (QED) is 0.0364. The van der Waals surface area contributed by atoms with E-state index in [4.69, 9.17) is 45.3 Å². The molecule has 8 rings (SSSR count). The molecule has 6 aromatic carbocycles. The fraction of sp³-hybridized carbons (Fsp3) is 0.240. The molecule has 0 bridgehead atoms. The average Bonchev–Trinajstić information content (AvgIpc) is 3.97. The van der Waals surface area contributed by atoms with Crippen molar-refractivity contribution in [3.05, 3.63) is 182 Å². The van der Waals surface area contributed by atoms with Crippen molar-refractivity contribution in [1.82, 2.24) is 10.6 Å². The van der Waals surface area contributed by atoms with Crippen molar-refractivity contribution in [2.75, 3.05) is 81.8 Å². The molecule has 15 heteroatoms. The lowest BCUT2D eigenvalue weighted by molar-refractivity contribution is 0.285. The molecule has 2 aliphatic rings. The first-order chi connectivity index (χ1) is 32.0. The molecular formula is C50H59ClN8O2P2S2. The predicted molar refractivity (Wildman–Crippen MR) is 288 cm³/mol. The summed E-state index contributed by atoms with van der Waals surface area (Å²) in [5.74, 6) is 0. The van der Waals surface area contributed by atoms with E-state index in [0.717, 1.165) is 82.9 Å². The molecule has 0 aliphatic carbocycles. The van der Waals surface area contributed by atoms with E-state index in [1.54, 1.807) is 0 Å². The van der Waals surface area contributed by atoms with Crippen LogP contribution >= 0.6 is 51.7 Å². The number of aliphatic hydroxyl groups is 1. The molecule has 0 aromatic heterocycles. The van der Waals surface area contributed by atoms with E-state index in [2.05, 4.69) is 149 Å². The van der Waals surface area contributed by atoms with Gasteiger partial charge in [0.25, 0.3) is 0 Å². The third kappa shape index (κ3) is 16.4. The van der Waals surface area contributed by atoms with Crippen LogP contribution in [0, 0.1) is 0 Å². The Morgan fingerprint density at radius 3 is 1.17 bits per heavy atom. The number of hydrogen-bond donors (Lipinski definition) is 5. The van der Waals surface area contributed by atoms with Gasteiger partial charge in [-0.1, -0.05) is 109 Å². The van der Waals surface area contributed by atoms with Gasteiger partial charge in [-0.05, 0) is 134 Å². The number of hydrogen-bond acceptors (Lipinski definition) is 8. The smallest absolute Gasteiger partial charge is 0.248 e. The number of para-hydroxylation sites is 6. The normalized spacial score (nSPS) is 13.6. The summed E-state index contributed by atoms with van der Waals surface area (Å²) in [5.41, 5.74) is 6.83. The monoisotopic (exact) mass is 964 g/mol. The summed E-state index contributed by atoms with van der Waals surface area (Å²) < 4.78 is 15.8. The largest absolute Gasteiger partial charge is 0.396 e. The van der Waals surface area contributed by atoms with Crippen molar-refractivity contribution >= 4 is 96.1 Å². The third-order valence-corrected chi connectivity index (χ3v) is 15.4. The molecular weight excluding hydrogens is 906 g/mol. The molecule has 0 radical (unpaired) electrons. The number of anilines is 6. The molecule has 2 aliphatic heterocycles. The summed E-state index contributed by atoms with van der Waals surface area (Å²) in [5, 5.41) is 22.5. The van der Waals surface area contributed by atoms with E-state index in [-0.39, 0.29) is 6.61 Å². The Labute approximate surface area is 403 Å². The highest BCUT2D eigenvalue weighted by molar-refractivity contribution is 7.86. The minimum atomic E-state index is -0.883. The molecule has 340 valence electrons. The molecule has 2 saturated heterocycles. The molecule has 0 spiro atoms. The summed E-state index contributed by atoms with van der Waals surface area (Å²) in [7, 11) is -1.69. The van der Waals surface area contributed by atoms with Crippen molar-refractivity contribution in [3.63, 3.8) is 0 Å². The number of thiocarbonyl (C=S) groups is 2. The van der Waals surface area contributed by atoms with Gasteiger partial charge in [0.2, 0.25) is 8.45 Å². The van der Waals surface area contributed by atoms with E-state index >= 15 is 0 Å². The number of benzene rings is 6. The predicted octanol–water partition coefficient (Wildman–Crippen LogP) is 12.2. The highest BCUT2D eigenvalue weighted by Gasteiger charge is 2.35. The fourth-order valence-corrected chi connectivity index (χ4v) is 11.7. The van der Waals surface area contributed by atoms with Gasteiger partial charge in [0.05, 0.1) is 6.61 Å². The number of nitrogens with zero attached hydrogens (tertiary/aromatic N) is 4. The number of rotatable bonds is 16. The highest BCUT2D eigenvalue weighted by Crippen LogP contribution is 2.56. The maximum absolute atomic E-state index is 8.59. The van der Waals surface area contributed by atoms with Crippen LogP contribution in [0.25, 0.3) is 0 Å². The maximum atomic E-state index is 8.59. The van der Waals surface area contributed by atoms with Gasteiger partial charge in [0.1, 0.15) is 0 Å². The second-order valence-corrected chi connectivity index (χ2v) is 19.7. The van der Waals surface area contributed by atoms with Gasteiger partial charge in [-0.2, -0.15) is 0 Å². The summed E-state index contributed by atoms with van der Waals surface area (Å²) in [4.78, 5) is 0. The lowest BCUT2D eigenvalue weighted by atomic mass is 10.3. The first-order valence-electron chi connectivity index (χ1n) is 22.0. The van der Waals surface area contributed by atoms with Crippen LogP contribution in [0.1, 0.15) is 25.7 Å². The SMILES string of the molecule is ClP1N(c2ccccc2)CCN1c1ccccc1.OCCCCNC(=S)Nc1ccccc1.S=C(NCCCCOP1N(c2ccccc2)CCN1c1ccccc1)Nc1ccccc1. The first kappa shape index (κ1) is 49.4. The zero-order valence-electron chi connectivity index (χ0n) is 36.5. The van der Waals surface area contributed by atoms with Crippen LogP contribution in [0.15, 0.2) is 182 Å². The summed E-state index contributed by atoms with van der Waals surface area (Å²) >= 11 is 17.1. The van der Waals surface area contributed by atoms with E-state index in [1.165, 1.54) is 22.7 Å². The molecule has 2 heterocycles. The zero-order chi connectivity index (χ0) is 45.3. The van der Waals surface area contributed by atoms with Crippen LogP contribution < -0.4 is 39.9 Å². The average molecular weight is 966 g/mol. The van der Waals surface area contributed by atoms with Crippen molar-refractivity contribution < 1.29 is 9.63 Å². The lowest BCUT2D eigenvalue weighted by Gasteiger charge is -2.30. The summed E-state index contributed by atoms with van der Waals surface area (Å²) in [6, 6.07) is 61.7. The molecule has 65 heavy (non-hydrogen) atoms. The second kappa shape index (κ2) is 28.1. The van der Waals surface area contributed by atoms with Gasteiger partial charge in [-0.3, -0.25) is 0 Å². The minimum Gasteiger partial charge on any atom is -0.396 e. The number of halogens is 1. The molecule has 0 amide bonds. The Morgan fingerprint density at radius 1 is 0.477 bits per heavy atom. The van der Waals surface area contributed by atoms with E-state index in [0.29, 0.717) is 10.2 Å². The van der Waals surface area contributed by atoms with Crippen LogP contribution in [0.2, 0.25) is 0 Å². The number of nitrogens with one attached hydrogen (secondary N) is 4. The zero-order valence-corrected chi connectivity index (χ0v) is 40.7. The van der Waals surface area contributed by atoms with Crippen LogP contribution in [-0.2, 0) is 4.52 Å². The van der Waals surface area contributed by atoms with E-state index < -0.39 is 16.0 Å². The van der Waals surface area contributed by atoms with Crippen molar-refractivity contribution in [2.24, 2.45) is 0 Å². The Kier molecular flexibility index (Phi) is 21.4. The molecule has 0 saturated carbocycles. The molecule has 5 N–H and O–H groups in total. The van der Waals surface area contributed by atoms with Gasteiger partial charge >= 0.3 is 0 Å². The molecule has 6 aromatic rings. The summed E-state index contributed by atoms with van der Waals surface area (Å²) in [6.45, 7) is 6.46. The van der Waals surface area contributed by atoms with Gasteiger partial charge in [-0.15, -0.1) is 0 Å². The minimum absolute atomic E-state index is 0.237. The van der Waals surface area contributed by atoms with Crippen LogP contribution in [-0.4, -0.2) is 67.8 Å². The topological polar surface area (TPSA) is 90.5 Å². The maximum Gasteiger partial charge on any atom is 0.248 e. The van der Waals surface area contributed by atoms with Gasteiger partial charge in [0, 0.05) is 80.0 Å². The van der Waals surface area contributed by atoms with Crippen molar-refractivity contribution in [2.45, 2.75) is 25.7 Å². The van der Waals surface area contributed by atoms with Crippen LogP contribution in [0.3, 0.4) is 0 Å². The van der Waals surface area contributed by atoms with Gasteiger partial charge in [0.15, 0.2) is 17.8 Å². The molecule has 2 fully saturated rings. The molecule has 0 atom stereocenters. The van der Waals surface area contributed by atoms with E-state index in [1.807, 2.05) is 72.8 Å². The Bertz CT molecular complexity index is 2140. The Balaban J connectivity index is 0.000000179. The van der Waals surface area contributed by atoms with E-state index in [9.17, 15) is 0 Å². The third-order valence-electron chi connectivity index (χ3n) is 10.1. The Morgan fingerprint density at radius 2 is 0.800 bits per heavy atom. The van der Waals surface area contributed by atoms with Gasteiger partial charge in [-0.25, -0.2) is 0 Å². The van der Waals surface area contributed by atoms with Crippen molar-refractivity contribution in [3.8, 4) is 0 Å². The number of unbranched alkanes of at least 4 members (excludes halogenated alkanes) is 2. The Hall–Kier alpha value is -5.03. The summed E-state index contributed by atoms with van der Waals surface area (Å²) in [6.07, 6.45) is 3.70. The van der Waals surface area contributed by atoms with Crippen LogP contribution in [0.4, 0.5) is 34.1 Å². The lowest BCUT2D eigenvalue weighted by Crippen LogP contribution is -2.29. The fourth-order valence-electron chi connectivity index (χ4n) is 6.83.